The van der Waals surface area contributed by atoms with Crippen molar-refractivity contribution in [2.75, 3.05) is 6.54 Å². The largest absolute Gasteiger partial charge is 0.463 e. The third-order valence-electron chi connectivity index (χ3n) is 3.67. The lowest BCUT2D eigenvalue weighted by Crippen LogP contribution is -2.36. The molecule has 116 valence electrons. The highest BCUT2D eigenvalue weighted by atomic mass is 16.4. The molecule has 0 saturated carbocycles. The summed E-state index contributed by atoms with van der Waals surface area (Å²) in [6, 6.07) is 4.14. The van der Waals surface area contributed by atoms with Gasteiger partial charge in [-0.15, -0.1) is 0 Å². The molecule has 2 heterocycles. The van der Waals surface area contributed by atoms with E-state index in [9.17, 15) is 5.11 Å². The Hall–Kier alpha value is -1.59. The predicted molar refractivity (Wildman–Crippen MR) is 82.0 cm³/mol. The van der Waals surface area contributed by atoms with Crippen LogP contribution >= 0.6 is 0 Å². The fourth-order valence-electron chi connectivity index (χ4n) is 2.14. The maximum absolute atomic E-state index is 10.5. The van der Waals surface area contributed by atoms with Crippen LogP contribution in [-0.4, -0.2) is 21.4 Å². The molecular weight excluding hydrogens is 266 g/mol. The highest BCUT2D eigenvalue weighted by Crippen LogP contribution is 2.23. The van der Waals surface area contributed by atoms with Gasteiger partial charge in [-0.2, -0.15) is 5.10 Å². The van der Waals surface area contributed by atoms with Gasteiger partial charge >= 0.3 is 0 Å². The van der Waals surface area contributed by atoms with Crippen molar-refractivity contribution in [3.8, 4) is 0 Å². The molecule has 0 aliphatic heterocycles. The van der Waals surface area contributed by atoms with Crippen LogP contribution in [0.25, 0.3) is 0 Å². The molecule has 0 aliphatic rings. The van der Waals surface area contributed by atoms with Crippen molar-refractivity contribution in [2.24, 2.45) is 0 Å². The van der Waals surface area contributed by atoms with Gasteiger partial charge in [-0.1, -0.05) is 0 Å². The zero-order valence-corrected chi connectivity index (χ0v) is 13.4. The van der Waals surface area contributed by atoms with Crippen molar-refractivity contribution >= 4 is 0 Å². The summed E-state index contributed by atoms with van der Waals surface area (Å²) in [6.45, 7) is 10.3. The van der Waals surface area contributed by atoms with E-state index >= 15 is 0 Å². The average Bonchev–Trinajstić information content (AvgIpc) is 3.04. The highest BCUT2D eigenvalue weighted by molar-refractivity contribution is 5.14. The third-order valence-corrected chi connectivity index (χ3v) is 3.67. The first-order valence-electron chi connectivity index (χ1n) is 7.36. The van der Waals surface area contributed by atoms with Crippen molar-refractivity contribution in [2.45, 2.75) is 52.3 Å². The van der Waals surface area contributed by atoms with Gasteiger partial charge < -0.3 is 14.8 Å². The maximum atomic E-state index is 10.5. The van der Waals surface area contributed by atoms with E-state index in [1.54, 1.807) is 6.92 Å². The molecule has 0 fully saturated rings. The Morgan fingerprint density at radius 2 is 2.10 bits per heavy atom. The Morgan fingerprint density at radius 3 is 2.62 bits per heavy atom. The summed E-state index contributed by atoms with van der Waals surface area (Å²) in [5, 5.41) is 18.2. The van der Waals surface area contributed by atoms with E-state index in [-0.39, 0.29) is 6.04 Å². The van der Waals surface area contributed by atoms with Crippen LogP contribution in [0.2, 0.25) is 0 Å². The molecule has 0 amide bonds. The Morgan fingerprint density at radius 1 is 1.38 bits per heavy atom. The molecule has 2 N–H and O–H groups in total. The molecule has 0 saturated heterocycles. The second-order valence-corrected chi connectivity index (χ2v) is 6.13. The first-order valence-corrected chi connectivity index (χ1v) is 7.36. The van der Waals surface area contributed by atoms with E-state index in [0.29, 0.717) is 18.3 Å². The minimum absolute atomic E-state index is 0.111. The zero-order chi connectivity index (χ0) is 15.6. The molecule has 0 bridgehead atoms. The predicted octanol–water partition coefficient (Wildman–Crippen LogP) is 2.92. The Kier molecular flexibility index (Phi) is 4.54. The molecule has 21 heavy (non-hydrogen) atoms. The molecular formula is C16H25N3O2. The summed E-state index contributed by atoms with van der Waals surface area (Å²) in [5.74, 6) is 1.38. The Labute approximate surface area is 126 Å². The standard InChI is InChI=1S/C16H25N3O2/c1-11(2)19-9-14(8-18-19)13(4)17-10-16(5,20)15-7-6-12(3)21-15/h6-9,11,13,17,20H,10H2,1-5H3. The quantitative estimate of drug-likeness (QED) is 0.859. The molecule has 2 aromatic heterocycles. The molecule has 0 aliphatic carbocycles. The number of nitrogens with zero attached hydrogens (tertiary/aromatic N) is 2. The van der Waals surface area contributed by atoms with Gasteiger partial charge in [0.05, 0.1) is 6.20 Å². The smallest absolute Gasteiger partial charge is 0.136 e. The third kappa shape index (κ3) is 3.74. The summed E-state index contributed by atoms with van der Waals surface area (Å²) in [7, 11) is 0. The van der Waals surface area contributed by atoms with Crippen LogP contribution in [0.15, 0.2) is 28.9 Å². The lowest BCUT2D eigenvalue weighted by Gasteiger charge is -2.23. The number of aryl methyl sites for hydroxylation is 1. The molecule has 2 atom stereocenters. The molecule has 5 heteroatoms. The second-order valence-electron chi connectivity index (χ2n) is 6.13. The fraction of sp³-hybridized carbons (Fsp3) is 0.562. The number of rotatable bonds is 6. The minimum atomic E-state index is -1.03. The summed E-state index contributed by atoms with van der Waals surface area (Å²) >= 11 is 0. The summed E-state index contributed by atoms with van der Waals surface area (Å²) in [4.78, 5) is 0. The second kappa shape index (κ2) is 6.03. The Balaban J connectivity index is 1.98. The summed E-state index contributed by atoms with van der Waals surface area (Å²) < 4.78 is 7.45. The molecule has 5 nitrogen and oxygen atoms in total. The number of aromatic nitrogens is 2. The van der Waals surface area contributed by atoms with Crippen molar-refractivity contribution < 1.29 is 9.52 Å². The minimum Gasteiger partial charge on any atom is -0.463 e. The molecule has 0 aromatic carbocycles. The van der Waals surface area contributed by atoms with Gasteiger partial charge in [-0.05, 0) is 46.8 Å². The average molecular weight is 291 g/mol. The monoisotopic (exact) mass is 291 g/mol. The van der Waals surface area contributed by atoms with Crippen LogP contribution in [0.5, 0.6) is 0 Å². The lowest BCUT2D eigenvalue weighted by molar-refractivity contribution is 0.0313. The Bertz CT molecular complexity index is 584. The van der Waals surface area contributed by atoms with E-state index in [1.807, 2.05) is 36.1 Å². The first kappa shape index (κ1) is 15.8. The van der Waals surface area contributed by atoms with Crippen molar-refractivity contribution in [3.05, 3.63) is 41.6 Å². The van der Waals surface area contributed by atoms with Crippen LogP contribution in [0.4, 0.5) is 0 Å². The number of nitrogens with one attached hydrogen (secondary N) is 1. The molecule has 0 radical (unpaired) electrons. The summed E-state index contributed by atoms with van der Waals surface area (Å²) in [6.07, 6.45) is 3.90. The molecule has 2 rings (SSSR count). The number of aliphatic hydroxyl groups is 1. The molecule has 2 unspecified atom stereocenters. The van der Waals surface area contributed by atoms with E-state index in [4.69, 9.17) is 4.42 Å². The van der Waals surface area contributed by atoms with Crippen molar-refractivity contribution in [3.63, 3.8) is 0 Å². The first-order chi connectivity index (χ1) is 9.79. The van der Waals surface area contributed by atoms with Crippen molar-refractivity contribution in [1.82, 2.24) is 15.1 Å². The van der Waals surface area contributed by atoms with Gasteiger partial charge in [0.1, 0.15) is 17.1 Å². The van der Waals surface area contributed by atoms with Crippen LogP contribution in [-0.2, 0) is 5.60 Å². The van der Waals surface area contributed by atoms with Gasteiger partial charge in [0.15, 0.2) is 0 Å². The lowest BCUT2D eigenvalue weighted by atomic mass is 10.0. The van der Waals surface area contributed by atoms with Gasteiger partial charge in [-0.3, -0.25) is 4.68 Å². The van der Waals surface area contributed by atoms with Crippen molar-refractivity contribution in [1.29, 1.82) is 0 Å². The molecule has 0 spiro atoms. The van der Waals surface area contributed by atoms with Crippen LogP contribution < -0.4 is 5.32 Å². The van der Waals surface area contributed by atoms with Gasteiger partial charge in [0, 0.05) is 30.4 Å². The maximum Gasteiger partial charge on any atom is 0.136 e. The highest BCUT2D eigenvalue weighted by Gasteiger charge is 2.27. The van der Waals surface area contributed by atoms with E-state index in [2.05, 4.69) is 31.2 Å². The summed E-state index contributed by atoms with van der Waals surface area (Å²) in [5.41, 5.74) is 0.0754. The number of hydrogen-bond acceptors (Lipinski definition) is 4. The normalized spacial score (nSPS) is 16.1. The topological polar surface area (TPSA) is 63.2 Å². The molecule has 2 aromatic rings. The van der Waals surface area contributed by atoms with Gasteiger partial charge in [-0.25, -0.2) is 0 Å². The van der Waals surface area contributed by atoms with Gasteiger partial charge in [0.2, 0.25) is 0 Å². The zero-order valence-electron chi connectivity index (χ0n) is 13.4. The number of hydrogen-bond donors (Lipinski definition) is 2. The SMILES string of the molecule is Cc1ccc(C(C)(O)CNC(C)c2cnn(C(C)C)c2)o1. The van der Waals surface area contributed by atoms with E-state index in [0.717, 1.165) is 11.3 Å². The number of furan rings is 1. The van der Waals surface area contributed by atoms with Gasteiger partial charge in [0.25, 0.3) is 0 Å². The van der Waals surface area contributed by atoms with Crippen LogP contribution in [0.1, 0.15) is 56.9 Å². The van der Waals surface area contributed by atoms with Crippen LogP contribution in [0, 0.1) is 6.92 Å². The van der Waals surface area contributed by atoms with E-state index in [1.165, 1.54) is 0 Å². The van der Waals surface area contributed by atoms with Crippen LogP contribution in [0.3, 0.4) is 0 Å². The van der Waals surface area contributed by atoms with E-state index < -0.39 is 5.60 Å². The fourth-order valence-corrected chi connectivity index (χ4v) is 2.14.